The zero-order valence-corrected chi connectivity index (χ0v) is 16.0. The van der Waals surface area contributed by atoms with Gasteiger partial charge in [-0.3, -0.25) is 4.79 Å². The predicted molar refractivity (Wildman–Crippen MR) is 101 cm³/mol. The molecule has 1 saturated heterocycles. The fourth-order valence-electron chi connectivity index (χ4n) is 3.01. The van der Waals surface area contributed by atoms with Gasteiger partial charge in [-0.1, -0.05) is 23.7 Å². The highest BCUT2D eigenvalue weighted by Gasteiger charge is 2.30. The minimum absolute atomic E-state index is 0.184. The number of amides is 1. The SMILES string of the molecule is CS(=O)(=O)N1CCCC(C(=O)Nc2ccnn2Cc2ccc(Cl)cc2)C1. The molecule has 1 aliphatic rings. The molecule has 9 heteroatoms. The van der Waals surface area contributed by atoms with E-state index in [1.165, 1.54) is 10.6 Å². The maximum Gasteiger partial charge on any atom is 0.229 e. The molecular weight excluding hydrogens is 376 g/mol. The molecule has 0 spiro atoms. The third-order valence-electron chi connectivity index (χ3n) is 4.44. The zero-order chi connectivity index (χ0) is 18.7. The van der Waals surface area contributed by atoms with Crippen molar-refractivity contribution in [1.29, 1.82) is 0 Å². The van der Waals surface area contributed by atoms with E-state index < -0.39 is 10.0 Å². The van der Waals surface area contributed by atoms with Gasteiger partial charge in [-0.15, -0.1) is 0 Å². The van der Waals surface area contributed by atoms with Crippen molar-refractivity contribution >= 4 is 33.3 Å². The van der Waals surface area contributed by atoms with E-state index >= 15 is 0 Å². The molecule has 2 heterocycles. The van der Waals surface area contributed by atoms with Crippen molar-refractivity contribution in [2.75, 3.05) is 24.7 Å². The average molecular weight is 397 g/mol. The number of aromatic nitrogens is 2. The molecule has 0 saturated carbocycles. The van der Waals surface area contributed by atoms with Crippen molar-refractivity contribution in [3.05, 3.63) is 47.1 Å². The lowest BCUT2D eigenvalue weighted by Crippen LogP contribution is -2.43. The lowest BCUT2D eigenvalue weighted by atomic mass is 9.99. The van der Waals surface area contributed by atoms with E-state index in [9.17, 15) is 13.2 Å². The molecule has 1 amide bonds. The third-order valence-corrected chi connectivity index (χ3v) is 5.96. The van der Waals surface area contributed by atoms with Crippen LogP contribution in [0.25, 0.3) is 0 Å². The third kappa shape index (κ3) is 4.63. The molecule has 1 aromatic carbocycles. The summed E-state index contributed by atoms with van der Waals surface area (Å²) in [7, 11) is -3.28. The largest absolute Gasteiger partial charge is 0.311 e. The van der Waals surface area contributed by atoms with Crippen molar-refractivity contribution in [3.63, 3.8) is 0 Å². The second kappa shape index (κ2) is 7.77. The topological polar surface area (TPSA) is 84.3 Å². The first-order valence-electron chi connectivity index (χ1n) is 8.35. The van der Waals surface area contributed by atoms with E-state index in [1.54, 1.807) is 29.1 Å². The predicted octanol–water partition coefficient (Wildman–Crippen LogP) is 2.19. The van der Waals surface area contributed by atoms with E-state index in [4.69, 9.17) is 11.6 Å². The summed E-state index contributed by atoms with van der Waals surface area (Å²) in [6.07, 6.45) is 4.14. The first-order valence-corrected chi connectivity index (χ1v) is 10.6. The molecule has 0 radical (unpaired) electrons. The van der Waals surface area contributed by atoms with Crippen LogP contribution in [0.5, 0.6) is 0 Å². The maximum atomic E-state index is 12.6. The number of benzene rings is 1. The molecule has 1 atom stereocenters. The van der Waals surface area contributed by atoms with Gasteiger partial charge in [0.2, 0.25) is 15.9 Å². The normalized spacial score (nSPS) is 18.6. The van der Waals surface area contributed by atoms with Crippen LogP contribution in [0.2, 0.25) is 5.02 Å². The Kier molecular flexibility index (Phi) is 5.64. The van der Waals surface area contributed by atoms with E-state index in [0.717, 1.165) is 5.56 Å². The smallest absolute Gasteiger partial charge is 0.229 e. The lowest BCUT2D eigenvalue weighted by Gasteiger charge is -2.30. The number of nitrogens with zero attached hydrogens (tertiary/aromatic N) is 3. The van der Waals surface area contributed by atoms with Gasteiger partial charge >= 0.3 is 0 Å². The van der Waals surface area contributed by atoms with E-state index in [2.05, 4.69) is 10.4 Å². The van der Waals surface area contributed by atoms with E-state index in [0.29, 0.717) is 36.8 Å². The van der Waals surface area contributed by atoms with Crippen LogP contribution in [-0.4, -0.2) is 47.8 Å². The van der Waals surface area contributed by atoms with Crippen LogP contribution in [0.3, 0.4) is 0 Å². The number of rotatable bonds is 5. The van der Waals surface area contributed by atoms with E-state index in [1.807, 2.05) is 12.1 Å². The van der Waals surface area contributed by atoms with Gasteiger partial charge in [0.15, 0.2) is 0 Å². The lowest BCUT2D eigenvalue weighted by molar-refractivity contribution is -0.120. The molecule has 1 aromatic heterocycles. The fourth-order valence-corrected chi connectivity index (χ4v) is 4.05. The summed E-state index contributed by atoms with van der Waals surface area (Å²) in [5.41, 5.74) is 1.01. The molecule has 1 N–H and O–H groups in total. The summed E-state index contributed by atoms with van der Waals surface area (Å²) in [5.74, 6) is 0.0370. The molecule has 3 rings (SSSR count). The number of halogens is 1. The van der Waals surface area contributed by atoms with Crippen molar-refractivity contribution in [2.24, 2.45) is 5.92 Å². The first kappa shape index (κ1) is 18.9. The Morgan fingerprint density at radius 3 is 2.73 bits per heavy atom. The van der Waals surface area contributed by atoms with Crippen molar-refractivity contribution < 1.29 is 13.2 Å². The number of sulfonamides is 1. The molecule has 26 heavy (non-hydrogen) atoms. The molecule has 140 valence electrons. The number of nitrogens with one attached hydrogen (secondary N) is 1. The zero-order valence-electron chi connectivity index (χ0n) is 14.4. The van der Waals surface area contributed by atoms with Crippen LogP contribution in [0.1, 0.15) is 18.4 Å². The highest BCUT2D eigenvalue weighted by atomic mass is 35.5. The van der Waals surface area contributed by atoms with Gasteiger partial charge in [-0.05, 0) is 30.5 Å². The van der Waals surface area contributed by atoms with Crippen LogP contribution in [0, 0.1) is 5.92 Å². The van der Waals surface area contributed by atoms with E-state index in [-0.39, 0.29) is 18.4 Å². The monoisotopic (exact) mass is 396 g/mol. The van der Waals surface area contributed by atoms with Gasteiger partial charge in [0.1, 0.15) is 5.82 Å². The summed E-state index contributed by atoms with van der Waals surface area (Å²) in [5, 5.41) is 7.79. The first-order chi connectivity index (χ1) is 12.3. The van der Waals surface area contributed by atoms with Crippen molar-refractivity contribution in [2.45, 2.75) is 19.4 Å². The van der Waals surface area contributed by atoms with Crippen LogP contribution in [-0.2, 0) is 21.4 Å². The summed E-state index contributed by atoms with van der Waals surface area (Å²) in [4.78, 5) is 12.6. The van der Waals surface area contributed by atoms with Gasteiger partial charge in [0.05, 0.1) is 24.9 Å². The van der Waals surface area contributed by atoms with Gasteiger partial charge < -0.3 is 5.32 Å². The molecule has 0 bridgehead atoms. The van der Waals surface area contributed by atoms with Gasteiger partial charge in [0, 0.05) is 24.2 Å². The number of carbonyl (C=O) groups excluding carboxylic acids is 1. The minimum Gasteiger partial charge on any atom is -0.311 e. The Morgan fingerprint density at radius 2 is 2.04 bits per heavy atom. The van der Waals surface area contributed by atoms with Crippen molar-refractivity contribution in [1.82, 2.24) is 14.1 Å². The van der Waals surface area contributed by atoms with Crippen LogP contribution >= 0.6 is 11.6 Å². The molecule has 1 unspecified atom stereocenters. The summed E-state index contributed by atoms with van der Waals surface area (Å²) in [6.45, 7) is 1.19. The highest BCUT2D eigenvalue weighted by molar-refractivity contribution is 7.88. The Morgan fingerprint density at radius 1 is 1.31 bits per heavy atom. The van der Waals surface area contributed by atoms with Crippen LogP contribution < -0.4 is 5.32 Å². The van der Waals surface area contributed by atoms with Gasteiger partial charge in [0.25, 0.3) is 0 Å². The van der Waals surface area contributed by atoms with Gasteiger partial charge in [-0.25, -0.2) is 17.4 Å². The highest BCUT2D eigenvalue weighted by Crippen LogP contribution is 2.21. The number of hydrogen-bond acceptors (Lipinski definition) is 4. The summed E-state index contributed by atoms with van der Waals surface area (Å²) in [6, 6.07) is 9.15. The van der Waals surface area contributed by atoms with Gasteiger partial charge in [-0.2, -0.15) is 5.10 Å². The Hall–Kier alpha value is -1.90. The average Bonchev–Trinajstić information content (AvgIpc) is 3.03. The van der Waals surface area contributed by atoms with Crippen LogP contribution in [0.15, 0.2) is 36.5 Å². The quantitative estimate of drug-likeness (QED) is 0.839. The molecule has 7 nitrogen and oxygen atoms in total. The molecule has 2 aromatic rings. The second-order valence-corrected chi connectivity index (χ2v) is 8.87. The Labute approximate surface area is 158 Å². The number of anilines is 1. The number of carbonyl (C=O) groups is 1. The second-order valence-electron chi connectivity index (χ2n) is 6.45. The van der Waals surface area contributed by atoms with Crippen LogP contribution in [0.4, 0.5) is 5.82 Å². The standard InChI is InChI=1S/C17H21ClN4O3S/c1-26(24,25)21-10-2-3-14(12-21)17(23)20-16-8-9-19-22(16)11-13-4-6-15(18)7-5-13/h4-9,14H,2-3,10-12H2,1H3,(H,20,23). The molecule has 1 aliphatic heterocycles. The fraction of sp³-hybridized carbons (Fsp3) is 0.412. The maximum absolute atomic E-state index is 12.6. The Bertz CT molecular complexity index is 880. The number of piperidine rings is 1. The Balaban J connectivity index is 1.67. The molecular formula is C17H21ClN4O3S. The molecule has 0 aliphatic carbocycles. The van der Waals surface area contributed by atoms with Crippen molar-refractivity contribution in [3.8, 4) is 0 Å². The summed E-state index contributed by atoms with van der Waals surface area (Å²) < 4.78 is 26.5. The number of hydrogen-bond donors (Lipinski definition) is 1. The summed E-state index contributed by atoms with van der Waals surface area (Å²) >= 11 is 5.90. The minimum atomic E-state index is -3.28. The molecule has 1 fully saturated rings.